The zero-order valence-corrected chi connectivity index (χ0v) is 17.1. The summed E-state index contributed by atoms with van der Waals surface area (Å²) < 4.78 is 10.5. The first kappa shape index (κ1) is 21.2. The van der Waals surface area contributed by atoms with Crippen LogP contribution in [0.4, 0.5) is 0 Å². The van der Waals surface area contributed by atoms with Gasteiger partial charge in [-0.2, -0.15) is 0 Å². The van der Waals surface area contributed by atoms with Gasteiger partial charge < -0.3 is 19.7 Å². The van der Waals surface area contributed by atoms with Crippen LogP contribution in [0, 0.1) is 11.3 Å². The molecule has 0 aliphatic carbocycles. The maximum absolute atomic E-state index is 13.0. The number of ether oxygens (including phenoxy) is 2. The van der Waals surface area contributed by atoms with E-state index in [-0.39, 0.29) is 29.2 Å². The predicted molar refractivity (Wildman–Crippen MR) is 105 cm³/mol. The van der Waals surface area contributed by atoms with Crippen molar-refractivity contribution in [3.05, 3.63) is 29.8 Å². The third-order valence-corrected chi connectivity index (χ3v) is 4.81. The Labute approximate surface area is 162 Å². The molecule has 1 N–H and O–H groups in total. The molecule has 2 atom stereocenters. The van der Waals surface area contributed by atoms with E-state index in [0.29, 0.717) is 38.3 Å². The molecule has 2 rings (SSSR count). The van der Waals surface area contributed by atoms with Gasteiger partial charge in [-0.3, -0.25) is 9.59 Å². The number of benzene rings is 1. The molecular formula is C21H32N2O4. The minimum Gasteiger partial charge on any atom is -0.497 e. The van der Waals surface area contributed by atoms with Gasteiger partial charge in [-0.1, -0.05) is 32.9 Å². The standard InChI is InChI=1S/C21H32N2O4/c1-21(2,3)14-22-20(25)17-9-10-18(24)23(11-12-26-4)19(17)15-7-6-8-16(13-15)27-5/h6-8,13,17,19H,9-12,14H2,1-5H3,(H,22,25)/t17-,19+/m1/s1. The molecule has 6 heteroatoms. The summed E-state index contributed by atoms with van der Waals surface area (Å²) in [6, 6.07) is 7.30. The maximum atomic E-state index is 13.0. The summed E-state index contributed by atoms with van der Waals surface area (Å²) in [7, 11) is 3.23. The molecule has 0 bridgehead atoms. The van der Waals surface area contributed by atoms with Crippen molar-refractivity contribution in [3.8, 4) is 5.75 Å². The first-order valence-electron chi connectivity index (χ1n) is 9.47. The zero-order chi connectivity index (χ0) is 20.0. The predicted octanol–water partition coefficient (Wildman–Crippen LogP) is 2.78. The molecule has 1 heterocycles. The Kier molecular flexibility index (Phi) is 7.25. The Morgan fingerprint density at radius 2 is 2.04 bits per heavy atom. The Morgan fingerprint density at radius 1 is 1.30 bits per heavy atom. The van der Waals surface area contributed by atoms with Crippen LogP contribution in [0.1, 0.15) is 45.2 Å². The summed E-state index contributed by atoms with van der Waals surface area (Å²) in [4.78, 5) is 27.4. The minimum absolute atomic E-state index is 0.00134. The molecule has 27 heavy (non-hydrogen) atoms. The number of nitrogens with zero attached hydrogens (tertiary/aromatic N) is 1. The smallest absolute Gasteiger partial charge is 0.225 e. The van der Waals surface area contributed by atoms with Crippen LogP contribution in [0.5, 0.6) is 5.75 Å². The van der Waals surface area contributed by atoms with E-state index in [9.17, 15) is 9.59 Å². The normalized spacial score (nSPS) is 20.5. The molecule has 0 saturated carbocycles. The maximum Gasteiger partial charge on any atom is 0.225 e. The summed E-state index contributed by atoms with van der Waals surface area (Å²) in [5.41, 5.74) is 0.913. The second-order valence-corrected chi connectivity index (χ2v) is 8.23. The lowest BCUT2D eigenvalue weighted by Gasteiger charge is -2.41. The highest BCUT2D eigenvalue weighted by Gasteiger charge is 2.40. The summed E-state index contributed by atoms with van der Waals surface area (Å²) in [6.07, 6.45) is 0.915. The van der Waals surface area contributed by atoms with Crippen molar-refractivity contribution in [1.82, 2.24) is 10.2 Å². The van der Waals surface area contributed by atoms with Crippen LogP contribution < -0.4 is 10.1 Å². The van der Waals surface area contributed by atoms with Crippen molar-refractivity contribution >= 4 is 11.8 Å². The number of amides is 2. The average Bonchev–Trinajstić information content (AvgIpc) is 2.64. The van der Waals surface area contributed by atoms with Crippen molar-refractivity contribution in [2.45, 2.75) is 39.7 Å². The average molecular weight is 376 g/mol. The van der Waals surface area contributed by atoms with Gasteiger partial charge in [-0.05, 0) is 29.5 Å². The lowest BCUT2D eigenvalue weighted by atomic mass is 9.83. The first-order chi connectivity index (χ1) is 12.8. The summed E-state index contributed by atoms with van der Waals surface area (Å²) >= 11 is 0. The second-order valence-electron chi connectivity index (χ2n) is 8.23. The van der Waals surface area contributed by atoms with Gasteiger partial charge >= 0.3 is 0 Å². The van der Waals surface area contributed by atoms with Crippen LogP contribution >= 0.6 is 0 Å². The molecule has 1 aliphatic heterocycles. The largest absolute Gasteiger partial charge is 0.497 e. The highest BCUT2D eigenvalue weighted by atomic mass is 16.5. The first-order valence-corrected chi connectivity index (χ1v) is 9.47. The van der Waals surface area contributed by atoms with Gasteiger partial charge in [0.2, 0.25) is 11.8 Å². The SMILES string of the molecule is COCCN1C(=O)CC[C@@H](C(=O)NCC(C)(C)C)[C@@H]1c1cccc(OC)c1. The molecule has 1 aliphatic rings. The minimum atomic E-state index is -0.323. The molecule has 1 aromatic carbocycles. The molecule has 1 aromatic rings. The van der Waals surface area contributed by atoms with Gasteiger partial charge in [0.1, 0.15) is 5.75 Å². The van der Waals surface area contributed by atoms with Gasteiger partial charge in [0.15, 0.2) is 0 Å². The molecule has 1 fully saturated rings. The molecule has 0 radical (unpaired) electrons. The van der Waals surface area contributed by atoms with Crippen molar-refractivity contribution < 1.29 is 19.1 Å². The van der Waals surface area contributed by atoms with E-state index < -0.39 is 0 Å². The molecule has 6 nitrogen and oxygen atoms in total. The lowest BCUT2D eigenvalue weighted by molar-refractivity contribution is -0.144. The quantitative estimate of drug-likeness (QED) is 0.795. The number of likely N-dealkylation sites (tertiary alicyclic amines) is 1. The van der Waals surface area contributed by atoms with Crippen molar-refractivity contribution in [3.63, 3.8) is 0 Å². The molecule has 2 amide bonds. The van der Waals surface area contributed by atoms with Crippen molar-refractivity contribution in [2.24, 2.45) is 11.3 Å². The molecular weight excluding hydrogens is 344 g/mol. The van der Waals surface area contributed by atoms with Crippen molar-refractivity contribution in [1.29, 1.82) is 0 Å². The Morgan fingerprint density at radius 3 is 2.67 bits per heavy atom. The highest BCUT2D eigenvalue weighted by Crippen LogP contribution is 2.38. The molecule has 0 unspecified atom stereocenters. The fourth-order valence-corrected chi connectivity index (χ4v) is 3.40. The Hall–Kier alpha value is -2.08. The van der Waals surface area contributed by atoms with Crippen LogP contribution in [-0.2, 0) is 14.3 Å². The number of methoxy groups -OCH3 is 2. The number of carbonyl (C=O) groups is 2. The van der Waals surface area contributed by atoms with Crippen LogP contribution in [-0.4, -0.2) is 50.6 Å². The van der Waals surface area contributed by atoms with Crippen LogP contribution in [0.2, 0.25) is 0 Å². The van der Waals surface area contributed by atoms with E-state index in [1.165, 1.54) is 0 Å². The van der Waals surface area contributed by atoms with E-state index in [1.807, 2.05) is 24.3 Å². The number of carbonyl (C=O) groups excluding carboxylic acids is 2. The third kappa shape index (κ3) is 5.70. The number of nitrogens with one attached hydrogen (secondary N) is 1. The molecule has 0 aromatic heterocycles. The third-order valence-electron chi connectivity index (χ3n) is 4.81. The van der Waals surface area contributed by atoms with E-state index in [4.69, 9.17) is 9.47 Å². The molecule has 0 spiro atoms. The lowest BCUT2D eigenvalue weighted by Crippen LogP contribution is -2.49. The van der Waals surface area contributed by atoms with Crippen LogP contribution in [0.25, 0.3) is 0 Å². The van der Waals surface area contributed by atoms with E-state index in [2.05, 4.69) is 26.1 Å². The van der Waals surface area contributed by atoms with Crippen LogP contribution in [0.3, 0.4) is 0 Å². The van der Waals surface area contributed by atoms with Gasteiger partial charge in [-0.25, -0.2) is 0 Å². The number of rotatable bonds is 7. The van der Waals surface area contributed by atoms with Gasteiger partial charge in [0.05, 0.1) is 25.7 Å². The Bertz CT molecular complexity index is 654. The van der Waals surface area contributed by atoms with Gasteiger partial charge in [-0.15, -0.1) is 0 Å². The summed E-state index contributed by atoms with van der Waals surface area (Å²) in [6.45, 7) is 7.74. The Balaban J connectivity index is 2.34. The summed E-state index contributed by atoms with van der Waals surface area (Å²) in [5.74, 6) is 0.465. The molecule has 150 valence electrons. The number of hydrogen-bond acceptors (Lipinski definition) is 4. The van der Waals surface area contributed by atoms with E-state index in [1.54, 1.807) is 19.1 Å². The van der Waals surface area contributed by atoms with Gasteiger partial charge in [0.25, 0.3) is 0 Å². The van der Waals surface area contributed by atoms with Crippen LogP contribution in [0.15, 0.2) is 24.3 Å². The molecule has 1 saturated heterocycles. The zero-order valence-electron chi connectivity index (χ0n) is 17.1. The van der Waals surface area contributed by atoms with E-state index in [0.717, 1.165) is 5.56 Å². The van der Waals surface area contributed by atoms with Gasteiger partial charge in [0, 0.05) is 26.6 Å². The second kappa shape index (κ2) is 9.22. The summed E-state index contributed by atoms with van der Waals surface area (Å²) in [5, 5.41) is 3.07. The number of piperidine rings is 1. The number of hydrogen-bond donors (Lipinski definition) is 1. The fraction of sp³-hybridized carbons (Fsp3) is 0.619. The monoisotopic (exact) mass is 376 g/mol. The van der Waals surface area contributed by atoms with E-state index >= 15 is 0 Å². The van der Waals surface area contributed by atoms with Crippen molar-refractivity contribution in [2.75, 3.05) is 33.9 Å². The fourth-order valence-electron chi connectivity index (χ4n) is 3.40. The highest BCUT2D eigenvalue weighted by molar-refractivity contribution is 5.85. The topological polar surface area (TPSA) is 67.9 Å².